The Balaban J connectivity index is 1.83. The molecule has 1 aromatic rings. The van der Waals surface area contributed by atoms with E-state index >= 15 is 0 Å². The molecule has 1 unspecified atom stereocenters. The van der Waals surface area contributed by atoms with Gasteiger partial charge in [0.1, 0.15) is 5.75 Å². The number of hydrogen-bond acceptors (Lipinski definition) is 4. The lowest BCUT2D eigenvalue weighted by Crippen LogP contribution is -2.46. The van der Waals surface area contributed by atoms with E-state index < -0.39 is 0 Å². The Morgan fingerprint density at radius 2 is 2.21 bits per heavy atom. The number of likely N-dealkylation sites (N-methyl/N-ethyl adjacent to an activating group) is 1. The molecule has 5 heteroatoms. The van der Waals surface area contributed by atoms with Gasteiger partial charge in [0.15, 0.2) is 0 Å². The van der Waals surface area contributed by atoms with E-state index in [2.05, 4.69) is 5.32 Å². The molecular formula is C14H20N2O3. The molecule has 1 atom stereocenters. The molecule has 2 N–H and O–H groups in total. The van der Waals surface area contributed by atoms with Crippen LogP contribution in [0.1, 0.15) is 5.56 Å². The first kappa shape index (κ1) is 13.8. The van der Waals surface area contributed by atoms with Crippen molar-refractivity contribution in [3.8, 4) is 5.75 Å². The van der Waals surface area contributed by atoms with Gasteiger partial charge in [-0.15, -0.1) is 0 Å². The van der Waals surface area contributed by atoms with Crippen molar-refractivity contribution in [2.24, 2.45) is 0 Å². The van der Waals surface area contributed by atoms with E-state index in [9.17, 15) is 9.90 Å². The average molecular weight is 264 g/mol. The molecule has 1 aromatic carbocycles. The molecule has 1 saturated heterocycles. The van der Waals surface area contributed by atoms with Crippen molar-refractivity contribution >= 4 is 5.91 Å². The average Bonchev–Trinajstić information content (AvgIpc) is 2.42. The van der Waals surface area contributed by atoms with Gasteiger partial charge in [-0.05, 0) is 17.7 Å². The molecule has 5 nitrogen and oxygen atoms in total. The Hall–Kier alpha value is -1.59. The summed E-state index contributed by atoms with van der Waals surface area (Å²) in [6.45, 7) is 2.97. The van der Waals surface area contributed by atoms with Gasteiger partial charge in [0, 0.05) is 26.7 Å². The Bertz CT molecular complexity index is 413. The quantitative estimate of drug-likeness (QED) is 0.825. The summed E-state index contributed by atoms with van der Waals surface area (Å²) >= 11 is 0. The summed E-state index contributed by atoms with van der Waals surface area (Å²) in [6, 6.07) is 6.72. The fourth-order valence-electron chi connectivity index (χ4n) is 2.07. The Morgan fingerprint density at radius 3 is 2.84 bits per heavy atom. The van der Waals surface area contributed by atoms with Crippen LogP contribution in [0, 0.1) is 0 Å². The third-order valence-electron chi connectivity index (χ3n) is 3.20. The van der Waals surface area contributed by atoms with Crippen molar-refractivity contribution in [3.05, 3.63) is 29.8 Å². The van der Waals surface area contributed by atoms with E-state index in [0.29, 0.717) is 19.6 Å². The number of aromatic hydroxyl groups is 1. The Kier molecular flexibility index (Phi) is 4.76. The summed E-state index contributed by atoms with van der Waals surface area (Å²) in [6.07, 6.45) is 0.416. The van der Waals surface area contributed by atoms with Crippen molar-refractivity contribution in [1.82, 2.24) is 10.2 Å². The maximum Gasteiger partial charge on any atom is 0.226 e. The fourth-order valence-corrected chi connectivity index (χ4v) is 2.07. The monoisotopic (exact) mass is 264 g/mol. The SMILES string of the molecule is CN(CC1CNCCO1)C(=O)Cc1ccc(O)cc1. The second-order valence-electron chi connectivity index (χ2n) is 4.81. The van der Waals surface area contributed by atoms with E-state index in [1.165, 1.54) is 0 Å². The molecular weight excluding hydrogens is 244 g/mol. The second kappa shape index (κ2) is 6.54. The zero-order valence-corrected chi connectivity index (χ0v) is 11.1. The summed E-state index contributed by atoms with van der Waals surface area (Å²) in [5.74, 6) is 0.270. The number of nitrogens with zero attached hydrogens (tertiary/aromatic N) is 1. The van der Waals surface area contributed by atoms with Crippen LogP contribution in [-0.4, -0.2) is 55.3 Å². The lowest BCUT2D eigenvalue weighted by Gasteiger charge is -2.28. The lowest BCUT2D eigenvalue weighted by molar-refractivity contribution is -0.131. The number of carbonyl (C=O) groups excluding carboxylic acids is 1. The van der Waals surface area contributed by atoms with Crippen LogP contribution in [0.3, 0.4) is 0 Å². The highest BCUT2D eigenvalue weighted by Crippen LogP contribution is 2.11. The van der Waals surface area contributed by atoms with Crippen LogP contribution < -0.4 is 5.32 Å². The summed E-state index contributed by atoms with van der Waals surface area (Å²) in [5, 5.41) is 12.4. The van der Waals surface area contributed by atoms with Crippen LogP contribution in [-0.2, 0) is 16.0 Å². The first-order chi connectivity index (χ1) is 9.15. The molecule has 19 heavy (non-hydrogen) atoms. The molecule has 104 valence electrons. The highest BCUT2D eigenvalue weighted by Gasteiger charge is 2.18. The number of benzene rings is 1. The minimum absolute atomic E-state index is 0.0554. The third-order valence-corrected chi connectivity index (χ3v) is 3.20. The highest BCUT2D eigenvalue weighted by atomic mass is 16.5. The van der Waals surface area contributed by atoms with Gasteiger partial charge in [0.25, 0.3) is 0 Å². The van der Waals surface area contributed by atoms with E-state index in [-0.39, 0.29) is 17.8 Å². The number of nitrogens with one attached hydrogen (secondary N) is 1. The molecule has 1 aliphatic rings. The predicted molar refractivity (Wildman–Crippen MR) is 72.1 cm³/mol. The van der Waals surface area contributed by atoms with Gasteiger partial charge in [-0.3, -0.25) is 4.79 Å². The molecule has 0 aromatic heterocycles. The van der Waals surface area contributed by atoms with Crippen LogP contribution >= 0.6 is 0 Å². The van der Waals surface area contributed by atoms with Crippen molar-refractivity contribution in [3.63, 3.8) is 0 Å². The highest BCUT2D eigenvalue weighted by molar-refractivity contribution is 5.78. The molecule has 2 rings (SSSR count). The van der Waals surface area contributed by atoms with Crippen LogP contribution in [0.2, 0.25) is 0 Å². The lowest BCUT2D eigenvalue weighted by atomic mass is 10.1. The first-order valence-electron chi connectivity index (χ1n) is 6.49. The van der Waals surface area contributed by atoms with E-state index in [4.69, 9.17) is 4.74 Å². The second-order valence-corrected chi connectivity index (χ2v) is 4.81. The molecule has 1 amide bonds. The van der Waals surface area contributed by atoms with Crippen molar-refractivity contribution in [1.29, 1.82) is 0 Å². The molecule has 0 spiro atoms. The first-order valence-corrected chi connectivity index (χ1v) is 6.49. The van der Waals surface area contributed by atoms with Crippen LogP contribution in [0.4, 0.5) is 0 Å². The molecule has 0 radical (unpaired) electrons. The number of amides is 1. The van der Waals surface area contributed by atoms with Gasteiger partial charge in [0.05, 0.1) is 19.1 Å². The molecule has 1 fully saturated rings. The van der Waals surface area contributed by atoms with Crippen LogP contribution in [0.15, 0.2) is 24.3 Å². The van der Waals surface area contributed by atoms with Crippen LogP contribution in [0.5, 0.6) is 5.75 Å². The van der Waals surface area contributed by atoms with Crippen molar-refractivity contribution in [2.45, 2.75) is 12.5 Å². The van der Waals surface area contributed by atoms with Crippen molar-refractivity contribution < 1.29 is 14.6 Å². The van der Waals surface area contributed by atoms with E-state index in [0.717, 1.165) is 18.7 Å². The maximum atomic E-state index is 12.1. The number of ether oxygens (including phenoxy) is 1. The number of morpholine rings is 1. The van der Waals surface area contributed by atoms with E-state index in [1.54, 1.807) is 36.2 Å². The molecule has 0 aliphatic carbocycles. The largest absolute Gasteiger partial charge is 0.508 e. The number of carbonyl (C=O) groups is 1. The zero-order valence-electron chi connectivity index (χ0n) is 11.1. The summed E-state index contributed by atoms with van der Waals surface area (Å²) in [5.41, 5.74) is 0.900. The molecule has 0 saturated carbocycles. The van der Waals surface area contributed by atoms with Gasteiger partial charge < -0.3 is 20.1 Å². The minimum atomic E-state index is 0.0554. The van der Waals surface area contributed by atoms with Crippen LogP contribution in [0.25, 0.3) is 0 Å². The number of hydrogen-bond donors (Lipinski definition) is 2. The van der Waals surface area contributed by atoms with Gasteiger partial charge in [-0.2, -0.15) is 0 Å². The van der Waals surface area contributed by atoms with Crippen molar-refractivity contribution in [2.75, 3.05) is 33.3 Å². The minimum Gasteiger partial charge on any atom is -0.508 e. The fraction of sp³-hybridized carbons (Fsp3) is 0.500. The standard InChI is InChI=1S/C14H20N2O3/c1-16(10-13-9-15-6-7-19-13)14(18)8-11-2-4-12(17)5-3-11/h2-5,13,15,17H,6-10H2,1H3. The maximum absolute atomic E-state index is 12.1. The zero-order chi connectivity index (χ0) is 13.7. The number of phenols is 1. The van der Waals surface area contributed by atoms with Gasteiger partial charge >= 0.3 is 0 Å². The summed E-state index contributed by atoms with van der Waals surface area (Å²) < 4.78 is 5.58. The third kappa shape index (κ3) is 4.22. The Labute approximate surface area is 113 Å². The molecule has 1 aliphatic heterocycles. The predicted octanol–water partition coefficient (Wildman–Crippen LogP) is 0.382. The number of rotatable bonds is 4. The van der Waals surface area contributed by atoms with Gasteiger partial charge in [-0.1, -0.05) is 12.1 Å². The normalized spacial score (nSPS) is 19.1. The Morgan fingerprint density at radius 1 is 1.47 bits per heavy atom. The number of phenolic OH excluding ortho intramolecular Hbond substituents is 1. The van der Waals surface area contributed by atoms with Gasteiger partial charge in [-0.25, -0.2) is 0 Å². The molecule has 0 bridgehead atoms. The van der Waals surface area contributed by atoms with Gasteiger partial charge in [0.2, 0.25) is 5.91 Å². The van der Waals surface area contributed by atoms with E-state index in [1.807, 2.05) is 0 Å². The summed E-state index contributed by atoms with van der Waals surface area (Å²) in [4.78, 5) is 13.8. The smallest absolute Gasteiger partial charge is 0.226 e. The topological polar surface area (TPSA) is 61.8 Å². The molecule has 1 heterocycles. The summed E-state index contributed by atoms with van der Waals surface area (Å²) in [7, 11) is 1.79.